The van der Waals surface area contributed by atoms with Crippen LogP contribution in [0.1, 0.15) is 20.8 Å². The van der Waals surface area contributed by atoms with Gasteiger partial charge in [-0.2, -0.15) is 0 Å². The molecule has 0 atom stereocenters. The zero-order valence-electron chi connectivity index (χ0n) is 8.99. The summed E-state index contributed by atoms with van der Waals surface area (Å²) in [6.07, 6.45) is 10.9. The molecule has 0 heterocycles. The summed E-state index contributed by atoms with van der Waals surface area (Å²) in [4.78, 5) is 0. The minimum Gasteiger partial charge on any atom is -0.245 e. The van der Waals surface area contributed by atoms with Crippen molar-refractivity contribution in [1.82, 2.24) is 0 Å². The summed E-state index contributed by atoms with van der Waals surface area (Å²) < 4.78 is 0. The molecule has 0 rings (SSSR count). The Bertz CT molecular complexity index is 66.1. The molecule has 0 aromatic carbocycles. The Labute approximate surface area is 95.6 Å². The molecule has 0 aromatic heterocycles. The van der Waals surface area contributed by atoms with Crippen molar-refractivity contribution in [3.05, 3.63) is 57.2 Å². The van der Waals surface area contributed by atoms with Crippen molar-refractivity contribution < 1.29 is 17.4 Å². The fraction of sp³-hybridized carbons (Fsp3) is 0.250. The third-order valence-electron chi connectivity index (χ3n) is 0.707. The SMILES string of the molecule is C=C[CH-]C.C=C[CH-]C.C=C[CH-]C.[Cr+3]. The number of allylic oxidation sites excluding steroid dienone is 3. The average Bonchev–Trinajstić information content (AvgIpc) is 2.18. The molecule has 75 valence electrons. The van der Waals surface area contributed by atoms with E-state index in [0.29, 0.717) is 0 Å². The van der Waals surface area contributed by atoms with Gasteiger partial charge in [0.05, 0.1) is 0 Å². The number of hydrogen-bond acceptors (Lipinski definition) is 0. The van der Waals surface area contributed by atoms with E-state index in [2.05, 4.69) is 19.7 Å². The van der Waals surface area contributed by atoms with Crippen LogP contribution in [0.15, 0.2) is 38.0 Å². The Morgan fingerprint density at radius 1 is 0.692 bits per heavy atom. The molecular weight excluding hydrogens is 196 g/mol. The topological polar surface area (TPSA) is 0 Å². The van der Waals surface area contributed by atoms with E-state index in [0.717, 1.165) is 0 Å². The zero-order chi connectivity index (χ0) is 10.2. The normalized spacial score (nSPS) is 4.85. The first-order chi connectivity index (χ1) is 5.74. The van der Waals surface area contributed by atoms with Gasteiger partial charge in [0.1, 0.15) is 0 Å². The van der Waals surface area contributed by atoms with Crippen molar-refractivity contribution in [3.8, 4) is 0 Å². The summed E-state index contributed by atoms with van der Waals surface area (Å²) in [5.74, 6) is 0. The largest absolute Gasteiger partial charge is 3.00 e. The van der Waals surface area contributed by atoms with E-state index in [1.165, 1.54) is 0 Å². The van der Waals surface area contributed by atoms with Crippen molar-refractivity contribution in [2.45, 2.75) is 20.8 Å². The zero-order valence-corrected chi connectivity index (χ0v) is 10.3. The predicted octanol–water partition coefficient (Wildman–Crippen LogP) is 4.19. The number of rotatable bonds is 3. The van der Waals surface area contributed by atoms with Gasteiger partial charge in [0, 0.05) is 0 Å². The predicted molar refractivity (Wildman–Crippen MR) is 60.5 cm³/mol. The standard InChI is InChI=1S/3C4H7.Cr/c3*1-3-4-2;/h3*3-4H,1H2,2H3;/q3*-1;+3. The van der Waals surface area contributed by atoms with Gasteiger partial charge in [0.25, 0.3) is 0 Å². The van der Waals surface area contributed by atoms with E-state index in [1.54, 1.807) is 18.2 Å². The van der Waals surface area contributed by atoms with Crippen LogP contribution in [0.25, 0.3) is 0 Å². The van der Waals surface area contributed by atoms with Crippen molar-refractivity contribution in [3.63, 3.8) is 0 Å². The van der Waals surface area contributed by atoms with E-state index in [-0.39, 0.29) is 17.4 Å². The van der Waals surface area contributed by atoms with Gasteiger partial charge in [-0.15, -0.1) is 20.8 Å². The molecule has 0 aliphatic rings. The smallest absolute Gasteiger partial charge is 0.245 e. The Morgan fingerprint density at radius 3 is 0.769 bits per heavy atom. The molecule has 1 heteroatoms. The van der Waals surface area contributed by atoms with Crippen LogP contribution in [0, 0.1) is 19.3 Å². The molecule has 0 aromatic rings. The molecule has 0 fully saturated rings. The Hall–Kier alpha value is -0.638. The fourth-order valence-electron chi connectivity index (χ4n) is 0. The van der Waals surface area contributed by atoms with E-state index in [9.17, 15) is 0 Å². The minimum atomic E-state index is 0. The van der Waals surface area contributed by atoms with Gasteiger partial charge in [-0.05, 0) is 0 Å². The van der Waals surface area contributed by atoms with Crippen molar-refractivity contribution in [2.75, 3.05) is 0 Å². The first-order valence-corrected chi connectivity index (χ1v) is 3.96. The van der Waals surface area contributed by atoms with Crippen molar-refractivity contribution in [1.29, 1.82) is 0 Å². The monoisotopic (exact) mass is 217 g/mol. The summed E-state index contributed by atoms with van der Waals surface area (Å²) in [6, 6.07) is 0. The molecule has 0 aliphatic heterocycles. The Morgan fingerprint density at radius 2 is 0.769 bits per heavy atom. The van der Waals surface area contributed by atoms with Gasteiger partial charge in [-0.3, -0.25) is 0 Å². The molecular formula is C12H21Cr. The molecule has 0 saturated heterocycles. The molecule has 13 heavy (non-hydrogen) atoms. The van der Waals surface area contributed by atoms with Crippen LogP contribution in [0.5, 0.6) is 0 Å². The van der Waals surface area contributed by atoms with E-state index >= 15 is 0 Å². The van der Waals surface area contributed by atoms with Crippen LogP contribution in [0.2, 0.25) is 0 Å². The summed E-state index contributed by atoms with van der Waals surface area (Å²) >= 11 is 0. The van der Waals surface area contributed by atoms with Gasteiger partial charge in [-0.1, -0.05) is 0 Å². The first-order valence-electron chi connectivity index (χ1n) is 3.96. The molecule has 1 radical (unpaired) electrons. The van der Waals surface area contributed by atoms with Gasteiger partial charge in [-0.25, -0.2) is 57.2 Å². The van der Waals surface area contributed by atoms with Crippen LogP contribution < -0.4 is 0 Å². The molecule has 0 aliphatic carbocycles. The molecule has 0 nitrogen and oxygen atoms in total. The third-order valence-corrected chi connectivity index (χ3v) is 0.707. The Kier molecular flexibility index (Phi) is 74.5. The maximum Gasteiger partial charge on any atom is 3.00 e. The summed E-state index contributed by atoms with van der Waals surface area (Å²) in [5.41, 5.74) is 0. The first kappa shape index (κ1) is 22.8. The van der Waals surface area contributed by atoms with Crippen molar-refractivity contribution >= 4 is 0 Å². The second kappa shape index (κ2) is 42.4. The quantitative estimate of drug-likeness (QED) is 0.622. The molecule has 0 spiro atoms. The maximum absolute atomic E-state index is 3.42. The fourth-order valence-corrected chi connectivity index (χ4v) is 0. The molecule has 0 amide bonds. The van der Waals surface area contributed by atoms with Gasteiger partial charge >= 0.3 is 17.4 Å². The van der Waals surface area contributed by atoms with Crippen LogP contribution >= 0.6 is 0 Å². The molecule has 0 saturated carbocycles. The van der Waals surface area contributed by atoms with E-state index in [1.807, 2.05) is 40.0 Å². The van der Waals surface area contributed by atoms with E-state index < -0.39 is 0 Å². The molecule has 0 N–H and O–H groups in total. The van der Waals surface area contributed by atoms with Crippen molar-refractivity contribution in [2.24, 2.45) is 0 Å². The van der Waals surface area contributed by atoms with Crippen LogP contribution in [-0.2, 0) is 17.4 Å². The van der Waals surface area contributed by atoms with Gasteiger partial charge in [0.15, 0.2) is 0 Å². The van der Waals surface area contributed by atoms with Gasteiger partial charge < -0.3 is 0 Å². The summed E-state index contributed by atoms with van der Waals surface area (Å²) in [7, 11) is 0. The van der Waals surface area contributed by atoms with Gasteiger partial charge in [0.2, 0.25) is 0 Å². The molecule has 0 bridgehead atoms. The second-order valence-corrected chi connectivity index (χ2v) is 1.71. The molecule has 0 unspecified atom stereocenters. The van der Waals surface area contributed by atoms with Crippen LogP contribution in [0.3, 0.4) is 0 Å². The summed E-state index contributed by atoms with van der Waals surface area (Å²) in [5, 5.41) is 0. The van der Waals surface area contributed by atoms with E-state index in [4.69, 9.17) is 0 Å². The maximum atomic E-state index is 3.42. The van der Waals surface area contributed by atoms with Crippen LogP contribution in [-0.4, -0.2) is 0 Å². The summed E-state index contributed by atoms with van der Waals surface area (Å²) in [6.45, 7) is 16.1. The van der Waals surface area contributed by atoms with Crippen LogP contribution in [0.4, 0.5) is 0 Å². The second-order valence-electron chi connectivity index (χ2n) is 1.71. The third kappa shape index (κ3) is 178. The average molecular weight is 217 g/mol. The number of hydrogen-bond donors (Lipinski definition) is 0. The minimum absolute atomic E-state index is 0. The Balaban J connectivity index is -0.0000000450.